The fraction of sp³-hybridized carbons (Fsp3) is 0.125. The molecule has 0 aromatic heterocycles. The lowest BCUT2D eigenvalue weighted by Gasteiger charge is -2.15. The first kappa shape index (κ1) is 23.4. The van der Waals surface area contributed by atoms with Gasteiger partial charge in [-0.05, 0) is 67.1 Å². The minimum Gasteiger partial charge on any atom is -0.366 e. The van der Waals surface area contributed by atoms with Crippen molar-refractivity contribution in [1.29, 1.82) is 0 Å². The number of benzene rings is 3. The van der Waals surface area contributed by atoms with Crippen molar-refractivity contribution < 1.29 is 14.4 Å². The van der Waals surface area contributed by atoms with Gasteiger partial charge in [0.25, 0.3) is 5.91 Å². The number of hydrogen-bond acceptors (Lipinski definition) is 4. The van der Waals surface area contributed by atoms with Crippen LogP contribution >= 0.6 is 23.4 Å². The maximum Gasteiger partial charge on any atom is 0.255 e. The van der Waals surface area contributed by atoms with Gasteiger partial charge in [-0.15, -0.1) is 11.8 Å². The highest BCUT2D eigenvalue weighted by molar-refractivity contribution is 8.00. The van der Waals surface area contributed by atoms with Crippen molar-refractivity contribution in [2.24, 2.45) is 5.73 Å². The highest BCUT2D eigenvalue weighted by Gasteiger charge is 2.18. The van der Waals surface area contributed by atoms with E-state index in [-0.39, 0.29) is 17.1 Å². The third-order valence-corrected chi connectivity index (χ3v) is 6.15. The molecule has 0 radical (unpaired) electrons. The van der Waals surface area contributed by atoms with E-state index in [1.54, 1.807) is 54.6 Å². The molecule has 6 nitrogen and oxygen atoms in total. The Kier molecular flexibility index (Phi) is 7.92. The molecule has 8 heteroatoms. The summed E-state index contributed by atoms with van der Waals surface area (Å²) in [4.78, 5) is 37.2. The Morgan fingerprint density at radius 3 is 2.28 bits per heavy atom. The number of anilines is 2. The van der Waals surface area contributed by atoms with Crippen LogP contribution in [0.4, 0.5) is 11.4 Å². The van der Waals surface area contributed by atoms with Crippen molar-refractivity contribution in [3.63, 3.8) is 0 Å². The molecule has 3 aromatic rings. The number of halogens is 1. The van der Waals surface area contributed by atoms with Crippen molar-refractivity contribution in [3.05, 3.63) is 88.9 Å². The number of thioether (sulfide) groups is 1. The van der Waals surface area contributed by atoms with Crippen LogP contribution in [-0.2, 0) is 4.79 Å². The van der Waals surface area contributed by atoms with Gasteiger partial charge in [-0.3, -0.25) is 14.4 Å². The summed E-state index contributed by atoms with van der Waals surface area (Å²) in [5, 5.41) is 5.86. The molecule has 164 valence electrons. The summed E-state index contributed by atoms with van der Waals surface area (Å²) in [6, 6.07) is 20.4. The topological polar surface area (TPSA) is 101 Å². The molecule has 32 heavy (non-hydrogen) atoms. The lowest BCUT2D eigenvalue weighted by Crippen LogP contribution is -2.24. The first-order valence-corrected chi connectivity index (χ1v) is 11.2. The van der Waals surface area contributed by atoms with Gasteiger partial charge in [0, 0.05) is 32.4 Å². The molecule has 0 saturated heterocycles. The van der Waals surface area contributed by atoms with Crippen LogP contribution in [0.1, 0.15) is 34.1 Å². The van der Waals surface area contributed by atoms with E-state index in [2.05, 4.69) is 10.6 Å². The quantitative estimate of drug-likeness (QED) is 0.396. The minimum atomic E-state index is -0.521. The van der Waals surface area contributed by atoms with Crippen LogP contribution in [0.15, 0.2) is 77.7 Å². The Morgan fingerprint density at radius 1 is 0.906 bits per heavy atom. The fourth-order valence-electron chi connectivity index (χ4n) is 2.91. The second-order valence-corrected chi connectivity index (χ2v) is 8.65. The van der Waals surface area contributed by atoms with Gasteiger partial charge in [-0.25, -0.2) is 0 Å². The molecule has 3 rings (SSSR count). The predicted octanol–water partition coefficient (Wildman–Crippen LogP) is 5.20. The monoisotopic (exact) mass is 467 g/mol. The van der Waals surface area contributed by atoms with Crippen molar-refractivity contribution in [2.75, 3.05) is 10.6 Å². The summed E-state index contributed by atoms with van der Waals surface area (Å²) in [7, 11) is 0. The molecule has 0 aliphatic rings. The molecule has 3 aromatic carbocycles. The van der Waals surface area contributed by atoms with Gasteiger partial charge >= 0.3 is 0 Å². The fourth-order valence-corrected chi connectivity index (χ4v) is 4.11. The summed E-state index contributed by atoms with van der Waals surface area (Å²) in [6.45, 7) is 1.93. The van der Waals surface area contributed by atoms with E-state index in [9.17, 15) is 14.4 Å². The highest BCUT2D eigenvalue weighted by atomic mass is 35.5. The zero-order valence-corrected chi connectivity index (χ0v) is 18.9. The summed E-state index contributed by atoms with van der Waals surface area (Å²) >= 11 is 7.36. The Labute approximate surface area is 195 Å². The van der Waals surface area contributed by atoms with Gasteiger partial charge in [-0.2, -0.15) is 0 Å². The molecule has 0 aliphatic heterocycles. The van der Waals surface area contributed by atoms with Gasteiger partial charge in [-0.1, -0.05) is 30.7 Å². The summed E-state index contributed by atoms with van der Waals surface area (Å²) in [5.41, 5.74) is 7.29. The van der Waals surface area contributed by atoms with Crippen LogP contribution in [0.3, 0.4) is 0 Å². The summed E-state index contributed by atoms with van der Waals surface area (Å²) in [5.74, 6) is -0.941. The van der Waals surface area contributed by atoms with Gasteiger partial charge in [0.05, 0.1) is 5.25 Å². The Hall–Kier alpha value is -3.29. The summed E-state index contributed by atoms with van der Waals surface area (Å²) in [6.07, 6.45) is 0.606. The maximum atomic E-state index is 12.7. The SMILES string of the molecule is CCC(Sc1cccc(NC(=O)c2cccc(Cl)c2)c1)C(=O)Nc1ccc(C(N)=O)cc1. The van der Waals surface area contributed by atoms with Gasteiger partial charge in [0.15, 0.2) is 0 Å². The number of amides is 3. The molecule has 0 saturated carbocycles. The molecular formula is C24H22ClN3O3S. The number of nitrogens with two attached hydrogens (primary N) is 1. The Morgan fingerprint density at radius 2 is 1.62 bits per heavy atom. The third-order valence-electron chi connectivity index (χ3n) is 4.56. The number of hydrogen-bond donors (Lipinski definition) is 3. The average Bonchev–Trinajstić information content (AvgIpc) is 2.78. The minimum absolute atomic E-state index is 0.155. The molecule has 1 unspecified atom stereocenters. The Balaban J connectivity index is 1.65. The molecule has 0 bridgehead atoms. The highest BCUT2D eigenvalue weighted by Crippen LogP contribution is 2.29. The van der Waals surface area contributed by atoms with Crippen molar-refractivity contribution in [1.82, 2.24) is 0 Å². The molecule has 3 amide bonds. The zero-order chi connectivity index (χ0) is 23.1. The van der Waals surface area contributed by atoms with Crippen molar-refractivity contribution in [3.8, 4) is 0 Å². The lowest BCUT2D eigenvalue weighted by molar-refractivity contribution is -0.115. The second kappa shape index (κ2) is 10.8. The normalized spacial score (nSPS) is 11.4. The zero-order valence-electron chi connectivity index (χ0n) is 17.3. The van der Waals surface area contributed by atoms with Crippen molar-refractivity contribution in [2.45, 2.75) is 23.5 Å². The molecule has 1 atom stereocenters. The molecule has 0 fully saturated rings. The van der Waals surface area contributed by atoms with E-state index in [1.807, 2.05) is 25.1 Å². The van der Waals surface area contributed by atoms with Gasteiger partial charge < -0.3 is 16.4 Å². The Bertz CT molecular complexity index is 1140. The van der Waals surface area contributed by atoms with Gasteiger partial charge in [0.2, 0.25) is 11.8 Å². The molecule has 0 spiro atoms. The molecule has 4 N–H and O–H groups in total. The van der Waals surface area contributed by atoms with E-state index in [4.69, 9.17) is 17.3 Å². The van der Waals surface area contributed by atoms with E-state index >= 15 is 0 Å². The maximum absolute atomic E-state index is 12.7. The van der Waals surface area contributed by atoms with Crippen LogP contribution in [0.5, 0.6) is 0 Å². The molecule has 0 aliphatic carbocycles. The number of primary amides is 1. The van der Waals surface area contributed by atoms with Crippen LogP contribution in [0, 0.1) is 0 Å². The smallest absolute Gasteiger partial charge is 0.255 e. The third kappa shape index (κ3) is 6.35. The van der Waals surface area contributed by atoms with Crippen LogP contribution in [-0.4, -0.2) is 23.0 Å². The van der Waals surface area contributed by atoms with Crippen LogP contribution < -0.4 is 16.4 Å². The summed E-state index contributed by atoms with van der Waals surface area (Å²) < 4.78 is 0. The number of carbonyl (C=O) groups excluding carboxylic acids is 3. The largest absolute Gasteiger partial charge is 0.366 e. The first-order chi connectivity index (χ1) is 15.4. The first-order valence-electron chi connectivity index (χ1n) is 9.90. The standard InChI is InChI=1S/C24H22ClN3O3S/c1-2-21(24(31)27-18-11-9-15(10-12-18)22(26)29)32-20-8-4-7-19(14-20)28-23(30)16-5-3-6-17(25)13-16/h3-14,21H,2H2,1H3,(H2,26,29)(H,27,31)(H,28,30). The van der Waals surface area contributed by atoms with Crippen LogP contribution in [0.2, 0.25) is 5.02 Å². The second-order valence-electron chi connectivity index (χ2n) is 6.94. The number of rotatable bonds is 8. The average molecular weight is 468 g/mol. The van der Waals surface area contributed by atoms with Gasteiger partial charge in [0.1, 0.15) is 0 Å². The van der Waals surface area contributed by atoms with E-state index < -0.39 is 5.91 Å². The van der Waals surface area contributed by atoms with E-state index in [0.29, 0.717) is 33.9 Å². The molecule has 0 heterocycles. The van der Waals surface area contributed by atoms with Crippen molar-refractivity contribution >= 4 is 52.5 Å². The molecular weight excluding hydrogens is 446 g/mol. The lowest BCUT2D eigenvalue weighted by atomic mass is 10.2. The van der Waals surface area contributed by atoms with Crippen LogP contribution in [0.25, 0.3) is 0 Å². The van der Waals surface area contributed by atoms with E-state index in [0.717, 1.165) is 4.90 Å². The predicted molar refractivity (Wildman–Crippen MR) is 129 cm³/mol. The number of nitrogens with one attached hydrogen (secondary N) is 2. The van der Waals surface area contributed by atoms with E-state index in [1.165, 1.54) is 11.8 Å². The number of carbonyl (C=O) groups is 3.